The van der Waals surface area contributed by atoms with E-state index in [0.29, 0.717) is 17.5 Å². The van der Waals surface area contributed by atoms with Crippen LogP contribution in [0.1, 0.15) is 25.0 Å². The molecule has 53 heavy (non-hydrogen) atoms. The summed E-state index contributed by atoms with van der Waals surface area (Å²) in [4.78, 5) is 15.2. The van der Waals surface area contributed by atoms with Gasteiger partial charge in [0.05, 0.1) is 0 Å². The van der Waals surface area contributed by atoms with Crippen LogP contribution >= 0.6 is 11.3 Å². The molecule has 250 valence electrons. The fourth-order valence-electron chi connectivity index (χ4n) is 8.25. The van der Waals surface area contributed by atoms with Gasteiger partial charge in [-0.25, -0.2) is 15.0 Å². The number of para-hydroxylation sites is 1. The van der Waals surface area contributed by atoms with Crippen molar-refractivity contribution in [1.82, 2.24) is 15.0 Å². The third-order valence-electron chi connectivity index (χ3n) is 10.9. The number of furan rings is 1. The molecule has 0 aliphatic heterocycles. The topological polar surface area (TPSA) is 51.8 Å². The number of hydrogen-bond donors (Lipinski definition) is 0. The zero-order valence-corrected chi connectivity index (χ0v) is 29.9. The molecule has 10 aromatic rings. The first-order chi connectivity index (χ1) is 26.0. The smallest absolute Gasteiger partial charge is 0.164 e. The summed E-state index contributed by atoms with van der Waals surface area (Å²) in [5, 5.41) is 4.77. The molecule has 1 aliphatic rings. The molecule has 0 unspecified atom stereocenters. The highest BCUT2D eigenvalue weighted by Crippen LogP contribution is 2.53. The Morgan fingerprint density at radius 3 is 1.92 bits per heavy atom. The Labute approximate surface area is 310 Å². The summed E-state index contributed by atoms with van der Waals surface area (Å²) < 4.78 is 9.11. The Morgan fingerprint density at radius 1 is 0.453 bits per heavy atom. The van der Waals surface area contributed by atoms with Gasteiger partial charge in [0.1, 0.15) is 11.2 Å². The van der Waals surface area contributed by atoms with E-state index in [1.54, 1.807) is 0 Å². The number of hydrogen-bond acceptors (Lipinski definition) is 5. The average molecular weight is 698 g/mol. The lowest BCUT2D eigenvalue weighted by atomic mass is 9.82. The second-order valence-corrected chi connectivity index (χ2v) is 15.5. The zero-order chi connectivity index (χ0) is 35.3. The third kappa shape index (κ3) is 4.64. The maximum absolute atomic E-state index is 6.58. The fraction of sp³-hybridized carbons (Fsp3) is 0.0625. The first-order valence-corrected chi connectivity index (χ1v) is 18.7. The molecule has 0 radical (unpaired) electrons. The average Bonchev–Trinajstić information content (AvgIpc) is 3.85. The van der Waals surface area contributed by atoms with Gasteiger partial charge in [0.15, 0.2) is 17.5 Å². The Balaban J connectivity index is 1.05. The SMILES string of the molecule is CC1(C)c2ccc(-c3cccc(-c4nc(-c5ccccc5)nc(-c5ccc6sc7ccccc7c6c5)n4)c3)cc2-c2c1ccc1c2oc2ccccc21. The highest BCUT2D eigenvalue weighted by molar-refractivity contribution is 7.25. The summed E-state index contributed by atoms with van der Waals surface area (Å²) >= 11 is 1.81. The van der Waals surface area contributed by atoms with E-state index >= 15 is 0 Å². The minimum absolute atomic E-state index is 0.147. The second-order valence-electron chi connectivity index (χ2n) is 14.4. The van der Waals surface area contributed by atoms with Crippen molar-refractivity contribution < 1.29 is 4.42 Å². The van der Waals surface area contributed by atoms with E-state index in [-0.39, 0.29) is 5.41 Å². The Hall–Kier alpha value is -6.43. The maximum atomic E-state index is 6.58. The molecular weight excluding hydrogens is 667 g/mol. The molecule has 0 N–H and O–H groups in total. The minimum Gasteiger partial charge on any atom is -0.455 e. The van der Waals surface area contributed by atoms with Gasteiger partial charge in [-0.1, -0.05) is 123 Å². The minimum atomic E-state index is -0.147. The van der Waals surface area contributed by atoms with Gasteiger partial charge >= 0.3 is 0 Å². The molecule has 3 heterocycles. The third-order valence-corrected chi connectivity index (χ3v) is 12.1. The van der Waals surface area contributed by atoms with Crippen LogP contribution in [0.5, 0.6) is 0 Å². The van der Waals surface area contributed by atoms with Crippen molar-refractivity contribution in [2.45, 2.75) is 19.3 Å². The molecule has 7 aromatic carbocycles. The second kappa shape index (κ2) is 11.3. The van der Waals surface area contributed by atoms with Crippen LogP contribution in [0.15, 0.2) is 156 Å². The molecule has 11 rings (SSSR count). The largest absolute Gasteiger partial charge is 0.455 e. The van der Waals surface area contributed by atoms with Crippen LogP contribution in [0.25, 0.3) is 98.5 Å². The van der Waals surface area contributed by atoms with Gasteiger partial charge in [-0.15, -0.1) is 11.3 Å². The molecule has 3 aromatic heterocycles. The predicted octanol–water partition coefficient (Wildman–Crippen LogP) is 13.1. The van der Waals surface area contributed by atoms with Gasteiger partial charge < -0.3 is 4.42 Å². The molecular formula is C48H31N3OS. The van der Waals surface area contributed by atoms with Crippen LogP contribution in [0.3, 0.4) is 0 Å². The number of fused-ring (bicyclic) bond motifs is 10. The maximum Gasteiger partial charge on any atom is 0.164 e. The Bertz CT molecular complexity index is 3100. The molecule has 4 nitrogen and oxygen atoms in total. The van der Waals surface area contributed by atoms with Crippen LogP contribution in [0, 0.1) is 0 Å². The summed E-state index contributed by atoms with van der Waals surface area (Å²) in [5.74, 6) is 1.95. The molecule has 0 saturated carbocycles. The molecule has 0 atom stereocenters. The lowest BCUT2D eigenvalue weighted by molar-refractivity contribution is 0.653. The van der Waals surface area contributed by atoms with Crippen molar-refractivity contribution in [3.05, 3.63) is 163 Å². The highest BCUT2D eigenvalue weighted by Gasteiger charge is 2.38. The molecule has 0 fully saturated rings. The van der Waals surface area contributed by atoms with Gasteiger partial charge in [0.25, 0.3) is 0 Å². The number of benzene rings is 7. The first-order valence-electron chi connectivity index (χ1n) is 17.9. The molecule has 0 bridgehead atoms. The van der Waals surface area contributed by atoms with Gasteiger partial charge in [0, 0.05) is 58.6 Å². The van der Waals surface area contributed by atoms with Crippen LogP contribution in [-0.4, -0.2) is 15.0 Å². The summed E-state index contributed by atoms with van der Waals surface area (Å²) in [6.07, 6.45) is 0. The van der Waals surface area contributed by atoms with E-state index in [2.05, 4.69) is 141 Å². The van der Waals surface area contributed by atoms with Crippen molar-refractivity contribution in [3.8, 4) is 56.4 Å². The van der Waals surface area contributed by atoms with Gasteiger partial charge in [-0.05, 0) is 70.3 Å². The fourth-order valence-corrected chi connectivity index (χ4v) is 9.34. The van der Waals surface area contributed by atoms with E-state index in [4.69, 9.17) is 19.4 Å². The highest BCUT2D eigenvalue weighted by atomic mass is 32.1. The standard InChI is InChI=1S/C48H31N3OS/c1-48(2)38-22-19-30(26-37(38)43-39(48)23-21-35-33-15-6-8-17-40(33)52-44(35)43)29-13-10-14-31(25-29)46-49-45(28-11-4-3-5-12-28)50-47(51-46)32-20-24-42-36(27-32)34-16-7-9-18-41(34)53-42/h3-27H,1-2H3. The lowest BCUT2D eigenvalue weighted by Crippen LogP contribution is -2.14. The van der Waals surface area contributed by atoms with Crippen molar-refractivity contribution in [2.24, 2.45) is 0 Å². The number of aromatic nitrogens is 3. The number of nitrogens with zero attached hydrogens (tertiary/aromatic N) is 3. The Morgan fingerprint density at radius 2 is 1.08 bits per heavy atom. The zero-order valence-electron chi connectivity index (χ0n) is 29.1. The predicted molar refractivity (Wildman–Crippen MR) is 219 cm³/mol. The quantitative estimate of drug-likeness (QED) is 0.184. The molecule has 0 amide bonds. The van der Waals surface area contributed by atoms with Crippen molar-refractivity contribution in [3.63, 3.8) is 0 Å². The van der Waals surface area contributed by atoms with E-state index in [1.165, 1.54) is 42.4 Å². The van der Waals surface area contributed by atoms with Crippen molar-refractivity contribution in [2.75, 3.05) is 0 Å². The number of rotatable bonds is 4. The van der Waals surface area contributed by atoms with Crippen molar-refractivity contribution >= 4 is 53.4 Å². The Kier molecular flexibility index (Phi) is 6.43. The van der Waals surface area contributed by atoms with Crippen LogP contribution < -0.4 is 0 Å². The summed E-state index contributed by atoms with van der Waals surface area (Å²) in [6.45, 7) is 4.63. The lowest BCUT2D eigenvalue weighted by Gasteiger charge is -2.21. The molecule has 0 spiro atoms. The van der Waals surface area contributed by atoms with E-state index < -0.39 is 0 Å². The molecule has 5 heteroatoms. The number of thiophene rings is 1. The first kappa shape index (κ1) is 30.2. The van der Waals surface area contributed by atoms with E-state index in [1.807, 2.05) is 35.6 Å². The van der Waals surface area contributed by atoms with Gasteiger partial charge in [-0.3, -0.25) is 0 Å². The van der Waals surface area contributed by atoms with Gasteiger partial charge in [-0.2, -0.15) is 0 Å². The summed E-state index contributed by atoms with van der Waals surface area (Å²) in [5.41, 5.74) is 11.8. The summed E-state index contributed by atoms with van der Waals surface area (Å²) in [6, 6.07) is 53.6. The monoisotopic (exact) mass is 697 g/mol. The van der Waals surface area contributed by atoms with Crippen LogP contribution in [0.4, 0.5) is 0 Å². The van der Waals surface area contributed by atoms with Crippen LogP contribution in [-0.2, 0) is 5.41 Å². The normalized spacial score (nSPS) is 13.2. The van der Waals surface area contributed by atoms with Gasteiger partial charge in [0.2, 0.25) is 0 Å². The molecule has 1 aliphatic carbocycles. The van der Waals surface area contributed by atoms with E-state index in [0.717, 1.165) is 49.8 Å². The summed E-state index contributed by atoms with van der Waals surface area (Å²) in [7, 11) is 0. The van der Waals surface area contributed by atoms with E-state index in [9.17, 15) is 0 Å². The van der Waals surface area contributed by atoms with Crippen molar-refractivity contribution in [1.29, 1.82) is 0 Å². The molecule has 0 saturated heterocycles. The van der Waals surface area contributed by atoms with Crippen LogP contribution in [0.2, 0.25) is 0 Å².